The number of nitrogens with zero attached hydrogens (tertiary/aromatic N) is 2. The zero-order chi connectivity index (χ0) is 27.0. The minimum Gasteiger partial charge on any atom is -0.507 e. The fourth-order valence-electron chi connectivity index (χ4n) is 5.49. The molecule has 0 bridgehead atoms. The van der Waals surface area contributed by atoms with Crippen molar-refractivity contribution in [1.29, 1.82) is 0 Å². The van der Waals surface area contributed by atoms with Crippen molar-refractivity contribution in [3.8, 4) is 5.75 Å². The van der Waals surface area contributed by atoms with E-state index >= 15 is 0 Å². The number of rotatable bonds is 7. The van der Waals surface area contributed by atoms with Crippen LogP contribution in [0.2, 0.25) is 0 Å². The number of fused-ring (bicyclic) bond motifs is 1. The Hall–Kier alpha value is -4.06. The van der Waals surface area contributed by atoms with E-state index < -0.39 is 17.7 Å². The number of Topliss-reactive ketones (excluding diaryl/α,β-unsaturated/α-hetero) is 1. The first-order chi connectivity index (χ1) is 18.4. The molecule has 6 nitrogen and oxygen atoms in total. The highest BCUT2D eigenvalue weighted by Crippen LogP contribution is 2.43. The zero-order valence-electron chi connectivity index (χ0n) is 22.4. The number of carbonyl (C=O) groups excluding carboxylic acids is 2. The molecule has 0 radical (unpaired) electrons. The maximum atomic E-state index is 13.5. The van der Waals surface area contributed by atoms with Gasteiger partial charge in [-0.25, -0.2) is 0 Å². The van der Waals surface area contributed by atoms with Gasteiger partial charge in [-0.1, -0.05) is 31.2 Å². The van der Waals surface area contributed by atoms with Crippen LogP contribution in [0.15, 0.2) is 72.3 Å². The van der Waals surface area contributed by atoms with Crippen LogP contribution in [0, 0.1) is 0 Å². The molecule has 0 spiro atoms. The predicted octanol–water partition coefficient (Wildman–Crippen LogP) is 6.04. The van der Waals surface area contributed by atoms with Crippen LogP contribution in [0.25, 0.3) is 5.76 Å². The summed E-state index contributed by atoms with van der Waals surface area (Å²) in [6, 6.07) is 20.3. The van der Waals surface area contributed by atoms with Crippen LogP contribution in [-0.2, 0) is 22.4 Å². The number of ketones is 1. The largest absolute Gasteiger partial charge is 0.507 e. The Morgan fingerprint density at radius 1 is 0.974 bits per heavy atom. The molecule has 1 amide bonds. The van der Waals surface area contributed by atoms with E-state index in [0.29, 0.717) is 11.3 Å². The second-order valence-corrected chi connectivity index (χ2v) is 9.91. The maximum Gasteiger partial charge on any atom is 0.300 e. The number of aliphatic hydroxyl groups excluding tert-OH is 1. The van der Waals surface area contributed by atoms with Gasteiger partial charge in [0.15, 0.2) is 0 Å². The van der Waals surface area contributed by atoms with E-state index in [-0.39, 0.29) is 17.4 Å². The minimum absolute atomic E-state index is 0.0587. The molecule has 3 aromatic carbocycles. The van der Waals surface area contributed by atoms with Gasteiger partial charge in [-0.05, 0) is 86.3 Å². The third-order valence-electron chi connectivity index (χ3n) is 7.57. The molecule has 5 rings (SSSR count). The molecular weight excluding hydrogens is 476 g/mol. The van der Waals surface area contributed by atoms with Crippen LogP contribution >= 0.6 is 0 Å². The van der Waals surface area contributed by atoms with Crippen molar-refractivity contribution in [1.82, 2.24) is 0 Å². The van der Waals surface area contributed by atoms with Gasteiger partial charge < -0.3 is 14.7 Å². The first kappa shape index (κ1) is 25.6. The average molecular weight is 511 g/mol. The standard InChI is InChI=1S/C32H34N2O4/c1-5-21-8-13-26(14-9-21)34-29(22-10-15-25(16-11-22)33(6-2)7-3)28(31(36)32(34)37)30(35)23-12-17-27-24(19-23)18-20(4)38-27/h8-17,19-20,29,35H,5-7,18H2,1-4H3/b30-28-. The molecular formula is C32H34N2O4. The van der Waals surface area contributed by atoms with Crippen molar-refractivity contribution in [2.75, 3.05) is 22.9 Å². The number of carbonyl (C=O) groups is 2. The second-order valence-electron chi connectivity index (χ2n) is 9.91. The topological polar surface area (TPSA) is 70.1 Å². The van der Waals surface area contributed by atoms with Gasteiger partial charge >= 0.3 is 0 Å². The molecule has 2 aliphatic rings. The molecule has 1 fully saturated rings. The van der Waals surface area contributed by atoms with Gasteiger partial charge in [-0.15, -0.1) is 0 Å². The van der Waals surface area contributed by atoms with Gasteiger partial charge in [0, 0.05) is 36.4 Å². The molecule has 1 saturated heterocycles. The molecule has 2 heterocycles. The van der Waals surface area contributed by atoms with Crippen molar-refractivity contribution in [2.24, 2.45) is 0 Å². The number of amides is 1. The number of anilines is 2. The number of hydrogen-bond acceptors (Lipinski definition) is 5. The van der Waals surface area contributed by atoms with Gasteiger partial charge in [-0.2, -0.15) is 0 Å². The first-order valence-corrected chi connectivity index (χ1v) is 13.4. The predicted molar refractivity (Wildman–Crippen MR) is 151 cm³/mol. The number of ether oxygens (including phenoxy) is 1. The Balaban J connectivity index is 1.64. The lowest BCUT2D eigenvalue weighted by atomic mass is 9.94. The van der Waals surface area contributed by atoms with Crippen LogP contribution < -0.4 is 14.5 Å². The van der Waals surface area contributed by atoms with E-state index in [4.69, 9.17) is 4.74 Å². The smallest absolute Gasteiger partial charge is 0.300 e. The Labute approximate surface area is 224 Å². The highest BCUT2D eigenvalue weighted by atomic mass is 16.5. The van der Waals surface area contributed by atoms with Crippen LogP contribution in [0.4, 0.5) is 11.4 Å². The summed E-state index contributed by atoms with van der Waals surface area (Å²) >= 11 is 0. The third kappa shape index (κ3) is 4.44. The highest BCUT2D eigenvalue weighted by Gasteiger charge is 2.47. The SMILES string of the molecule is CCc1ccc(N2C(=O)C(=O)/C(=C(\O)c3ccc4c(c3)CC(C)O4)C2c2ccc(N(CC)CC)cc2)cc1. The molecule has 6 heteroatoms. The highest BCUT2D eigenvalue weighted by molar-refractivity contribution is 6.51. The van der Waals surface area contributed by atoms with Crippen molar-refractivity contribution in [3.05, 3.63) is 94.6 Å². The van der Waals surface area contributed by atoms with Crippen LogP contribution in [0.5, 0.6) is 5.75 Å². The van der Waals surface area contributed by atoms with Crippen molar-refractivity contribution in [2.45, 2.75) is 52.7 Å². The van der Waals surface area contributed by atoms with Crippen LogP contribution in [0.1, 0.15) is 56.0 Å². The summed E-state index contributed by atoms with van der Waals surface area (Å²) in [4.78, 5) is 30.8. The van der Waals surface area contributed by atoms with E-state index in [1.807, 2.05) is 67.6 Å². The quantitative estimate of drug-likeness (QED) is 0.238. The normalized spacial score (nSPS) is 19.9. The van der Waals surface area contributed by atoms with E-state index in [1.54, 1.807) is 6.07 Å². The lowest BCUT2D eigenvalue weighted by Gasteiger charge is -2.27. The van der Waals surface area contributed by atoms with Crippen LogP contribution in [-0.4, -0.2) is 36.0 Å². The minimum atomic E-state index is -0.753. The monoisotopic (exact) mass is 510 g/mol. The zero-order valence-corrected chi connectivity index (χ0v) is 22.4. The summed E-state index contributed by atoms with van der Waals surface area (Å²) in [6.45, 7) is 10.0. The van der Waals surface area contributed by atoms with E-state index in [2.05, 4.69) is 25.7 Å². The fourth-order valence-corrected chi connectivity index (χ4v) is 5.49. The lowest BCUT2D eigenvalue weighted by Crippen LogP contribution is -2.29. The summed E-state index contributed by atoms with van der Waals surface area (Å²) < 4.78 is 5.81. The van der Waals surface area contributed by atoms with E-state index in [9.17, 15) is 14.7 Å². The number of benzene rings is 3. The Bertz CT molecular complexity index is 1390. The van der Waals surface area contributed by atoms with Crippen LogP contribution in [0.3, 0.4) is 0 Å². The molecule has 2 aliphatic heterocycles. The van der Waals surface area contributed by atoms with Crippen molar-refractivity contribution >= 4 is 28.8 Å². The Kier molecular flexibility index (Phi) is 6.98. The summed E-state index contributed by atoms with van der Waals surface area (Å²) in [5.74, 6) is -0.720. The number of hydrogen-bond donors (Lipinski definition) is 1. The van der Waals surface area contributed by atoms with Crippen molar-refractivity contribution < 1.29 is 19.4 Å². The first-order valence-electron chi connectivity index (χ1n) is 13.4. The van der Waals surface area contributed by atoms with Gasteiger partial charge in [0.2, 0.25) is 0 Å². The maximum absolute atomic E-state index is 13.5. The van der Waals surface area contributed by atoms with Gasteiger partial charge in [0.1, 0.15) is 17.6 Å². The average Bonchev–Trinajstić information content (AvgIpc) is 3.44. The Morgan fingerprint density at radius 3 is 2.29 bits per heavy atom. The number of aliphatic hydroxyl groups is 1. The Morgan fingerprint density at radius 2 is 1.66 bits per heavy atom. The molecule has 0 aromatic heterocycles. The van der Waals surface area contributed by atoms with E-state index in [1.165, 1.54) is 4.90 Å². The molecule has 2 unspecified atom stereocenters. The van der Waals surface area contributed by atoms with E-state index in [0.717, 1.165) is 54.1 Å². The lowest BCUT2D eigenvalue weighted by molar-refractivity contribution is -0.132. The molecule has 2 atom stereocenters. The summed E-state index contributed by atoms with van der Waals surface area (Å²) in [5.41, 5.74) is 5.17. The molecule has 196 valence electrons. The fraction of sp³-hybridized carbons (Fsp3) is 0.312. The van der Waals surface area contributed by atoms with Crippen molar-refractivity contribution in [3.63, 3.8) is 0 Å². The molecule has 3 aromatic rings. The third-order valence-corrected chi connectivity index (χ3v) is 7.57. The second kappa shape index (κ2) is 10.4. The summed E-state index contributed by atoms with van der Waals surface area (Å²) in [5, 5.41) is 11.5. The molecule has 0 saturated carbocycles. The molecule has 38 heavy (non-hydrogen) atoms. The summed E-state index contributed by atoms with van der Waals surface area (Å²) in [6.07, 6.45) is 1.66. The summed E-state index contributed by atoms with van der Waals surface area (Å²) in [7, 11) is 0. The number of aryl methyl sites for hydroxylation is 1. The molecule has 0 aliphatic carbocycles. The van der Waals surface area contributed by atoms with Gasteiger partial charge in [0.05, 0.1) is 11.6 Å². The van der Waals surface area contributed by atoms with Gasteiger partial charge in [0.25, 0.3) is 11.7 Å². The van der Waals surface area contributed by atoms with Gasteiger partial charge in [-0.3, -0.25) is 14.5 Å². The molecule has 1 N–H and O–H groups in total.